The van der Waals surface area contributed by atoms with Crippen molar-refractivity contribution in [3.63, 3.8) is 0 Å². The zero-order valence-electron chi connectivity index (χ0n) is 11.1. The Hall–Kier alpha value is -0.570. The number of amides is 1. The third-order valence-electron chi connectivity index (χ3n) is 4.92. The van der Waals surface area contributed by atoms with E-state index in [9.17, 15) is 4.79 Å². The molecule has 2 fully saturated rings. The highest BCUT2D eigenvalue weighted by molar-refractivity contribution is 5.84. The maximum absolute atomic E-state index is 12.2. The van der Waals surface area contributed by atoms with Crippen molar-refractivity contribution in [3.05, 3.63) is 0 Å². The molecule has 2 aliphatic rings. The quantitative estimate of drug-likeness (QED) is 0.795. The summed E-state index contributed by atoms with van der Waals surface area (Å²) in [5.41, 5.74) is 0.511. The van der Waals surface area contributed by atoms with E-state index < -0.39 is 0 Å². The molecule has 0 aromatic rings. The van der Waals surface area contributed by atoms with Crippen molar-refractivity contribution < 1.29 is 4.79 Å². The van der Waals surface area contributed by atoms with Gasteiger partial charge in [-0.3, -0.25) is 10.1 Å². The fraction of sp³-hybridized carbons (Fsp3) is 0.923. The fourth-order valence-corrected chi connectivity index (χ4v) is 3.25. The molecule has 0 aromatic carbocycles. The summed E-state index contributed by atoms with van der Waals surface area (Å²) in [6.45, 7) is 11.9. The lowest BCUT2D eigenvalue weighted by Gasteiger charge is -2.18. The molecule has 16 heavy (non-hydrogen) atoms. The van der Waals surface area contributed by atoms with Gasteiger partial charge >= 0.3 is 0 Å². The monoisotopic (exact) mass is 224 g/mol. The van der Waals surface area contributed by atoms with Crippen molar-refractivity contribution in [3.8, 4) is 0 Å². The molecule has 0 radical (unpaired) electrons. The number of carbonyl (C=O) groups is 1. The van der Waals surface area contributed by atoms with Crippen LogP contribution in [0.5, 0.6) is 0 Å². The first-order chi connectivity index (χ1) is 7.34. The molecule has 1 saturated heterocycles. The van der Waals surface area contributed by atoms with Gasteiger partial charge in [0.2, 0.25) is 5.91 Å². The second-order valence-electron chi connectivity index (χ2n) is 6.36. The summed E-state index contributed by atoms with van der Waals surface area (Å²) in [6, 6.07) is 0.471. The number of nitrogens with zero attached hydrogens (tertiary/aromatic N) is 1. The van der Waals surface area contributed by atoms with Crippen LogP contribution in [0.25, 0.3) is 0 Å². The minimum atomic E-state index is 0.0669. The van der Waals surface area contributed by atoms with E-state index in [0.717, 1.165) is 19.5 Å². The molecule has 1 N–H and O–H groups in total. The molecule has 3 heteroatoms. The van der Waals surface area contributed by atoms with Crippen LogP contribution in [0.3, 0.4) is 0 Å². The van der Waals surface area contributed by atoms with E-state index >= 15 is 0 Å². The highest BCUT2D eigenvalue weighted by atomic mass is 16.2. The zero-order valence-corrected chi connectivity index (χ0v) is 11.1. The first-order valence-electron chi connectivity index (χ1n) is 6.38. The zero-order chi connectivity index (χ0) is 12.1. The SMILES string of the molecule is CCCC1NCN(C2C(C)(C)C2(C)C)C1=O. The molecular weight excluding hydrogens is 200 g/mol. The summed E-state index contributed by atoms with van der Waals surface area (Å²) in [4.78, 5) is 14.3. The molecule has 1 aliphatic heterocycles. The molecule has 0 aromatic heterocycles. The van der Waals surface area contributed by atoms with Crippen LogP contribution in [0.2, 0.25) is 0 Å². The van der Waals surface area contributed by atoms with Gasteiger partial charge in [-0.05, 0) is 17.3 Å². The molecule has 1 saturated carbocycles. The molecule has 1 heterocycles. The van der Waals surface area contributed by atoms with Gasteiger partial charge in [-0.15, -0.1) is 0 Å². The van der Waals surface area contributed by atoms with Crippen LogP contribution in [0, 0.1) is 10.8 Å². The smallest absolute Gasteiger partial charge is 0.241 e. The number of hydrogen-bond acceptors (Lipinski definition) is 2. The lowest BCUT2D eigenvalue weighted by molar-refractivity contribution is -0.130. The standard InChI is InChI=1S/C13H24N2O/c1-6-7-9-10(16)15(8-14-9)11-12(2,3)13(11,4)5/h9,11,14H,6-8H2,1-5H3. The van der Waals surface area contributed by atoms with E-state index in [1.807, 2.05) is 0 Å². The van der Waals surface area contributed by atoms with Crippen molar-refractivity contribution in [1.82, 2.24) is 10.2 Å². The van der Waals surface area contributed by atoms with Gasteiger partial charge in [0.25, 0.3) is 0 Å². The Morgan fingerprint density at radius 3 is 2.31 bits per heavy atom. The van der Waals surface area contributed by atoms with Crippen molar-refractivity contribution in [1.29, 1.82) is 0 Å². The Balaban J connectivity index is 2.07. The second kappa shape index (κ2) is 3.46. The third kappa shape index (κ3) is 1.41. The molecule has 0 bridgehead atoms. The van der Waals surface area contributed by atoms with Crippen LogP contribution < -0.4 is 5.32 Å². The summed E-state index contributed by atoms with van der Waals surface area (Å²) < 4.78 is 0. The summed E-state index contributed by atoms with van der Waals surface area (Å²) in [7, 11) is 0. The average molecular weight is 224 g/mol. The van der Waals surface area contributed by atoms with Gasteiger partial charge < -0.3 is 4.90 Å². The topological polar surface area (TPSA) is 32.3 Å². The van der Waals surface area contributed by atoms with Crippen LogP contribution in [-0.2, 0) is 4.79 Å². The first-order valence-corrected chi connectivity index (χ1v) is 6.38. The van der Waals surface area contributed by atoms with E-state index in [0.29, 0.717) is 11.9 Å². The van der Waals surface area contributed by atoms with Crippen LogP contribution in [0.1, 0.15) is 47.5 Å². The van der Waals surface area contributed by atoms with Crippen LogP contribution >= 0.6 is 0 Å². The minimum absolute atomic E-state index is 0.0669. The molecule has 92 valence electrons. The lowest BCUT2D eigenvalue weighted by Crippen LogP contribution is -2.34. The fourth-order valence-electron chi connectivity index (χ4n) is 3.25. The number of carbonyl (C=O) groups excluding carboxylic acids is 1. The first kappa shape index (κ1) is 11.9. The molecule has 3 nitrogen and oxygen atoms in total. The van der Waals surface area contributed by atoms with Gasteiger partial charge in [0.05, 0.1) is 12.7 Å². The molecule has 1 atom stereocenters. The number of rotatable bonds is 3. The molecule has 1 unspecified atom stereocenters. The molecule has 1 amide bonds. The Labute approximate surface area is 98.6 Å². The minimum Gasteiger partial charge on any atom is -0.324 e. The predicted octanol–water partition coefficient (Wildman–Crippen LogP) is 1.98. The summed E-state index contributed by atoms with van der Waals surface area (Å²) in [5, 5.41) is 3.33. The van der Waals surface area contributed by atoms with Gasteiger partial charge in [-0.1, -0.05) is 41.0 Å². The van der Waals surface area contributed by atoms with E-state index in [4.69, 9.17) is 0 Å². The largest absolute Gasteiger partial charge is 0.324 e. The van der Waals surface area contributed by atoms with Crippen molar-refractivity contribution in [2.75, 3.05) is 6.67 Å². The normalized spacial score (nSPS) is 32.2. The van der Waals surface area contributed by atoms with Crippen LogP contribution in [0.4, 0.5) is 0 Å². The maximum Gasteiger partial charge on any atom is 0.241 e. The summed E-state index contributed by atoms with van der Waals surface area (Å²) in [5.74, 6) is 0.311. The van der Waals surface area contributed by atoms with Gasteiger partial charge in [-0.25, -0.2) is 0 Å². The highest BCUT2D eigenvalue weighted by Crippen LogP contribution is 2.65. The Bertz CT molecular complexity index is 295. The lowest BCUT2D eigenvalue weighted by atomic mass is 10.0. The molecule has 0 spiro atoms. The van der Waals surface area contributed by atoms with Crippen molar-refractivity contribution in [2.24, 2.45) is 10.8 Å². The third-order valence-corrected chi connectivity index (χ3v) is 4.92. The van der Waals surface area contributed by atoms with Gasteiger partial charge in [0, 0.05) is 6.04 Å². The molecule has 1 aliphatic carbocycles. The van der Waals surface area contributed by atoms with Crippen LogP contribution in [-0.4, -0.2) is 29.6 Å². The van der Waals surface area contributed by atoms with E-state index in [2.05, 4.69) is 44.8 Å². The highest BCUT2D eigenvalue weighted by Gasteiger charge is 2.68. The van der Waals surface area contributed by atoms with Gasteiger partial charge in [-0.2, -0.15) is 0 Å². The van der Waals surface area contributed by atoms with E-state index in [1.165, 1.54) is 0 Å². The van der Waals surface area contributed by atoms with Crippen LogP contribution in [0.15, 0.2) is 0 Å². The maximum atomic E-state index is 12.2. The predicted molar refractivity (Wildman–Crippen MR) is 64.9 cm³/mol. The number of hydrogen-bond donors (Lipinski definition) is 1. The Morgan fingerprint density at radius 2 is 1.88 bits per heavy atom. The number of nitrogens with one attached hydrogen (secondary N) is 1. The van der Waals surface area contributed by atoms with Crippen molar-refractivity contribution in [2.45, 2.75) is 59.5 Å². The Morgan fingerprint density at radius 1 is 1.31 bits per heavy atom. The summed E-state index contributed by atoms with van der Waals surface area (Å²) >= 11 is 0. The molecule has 2 rings (SSSR count). The average Bonchev–Trinajstić information content (AvgIpc) is 2.45. The van der Waals surface area contributed by atoms with Gasteiger partial charge in [0.1, 0.15) is 0 Å². The van der Waals surface area contributed by atoms with E-state index in [1.54, 1.807) is 0 Å². The second-order valence-corrected chi connectivity index (χ2v) is 6.36. The van der Waals surface area contributed by atoms with Crippen molar-refractivity contribution >= 4 is 5.91 Å². The summed E-state index contributed by atoms with van der Waals surface area (Å²) in [6.07, 6.45) is 2.03. The van der Waals surface area contributed by atoms with E-state index in [-0.39, 0.29) is 16.9 Å². The Kier molecular flexibility index (Phi) is 2.57. The van der Waals surface area contributed by atoms with Gasteiger partial charge in [0.15, 0.2) is 0 Å². The molecular formula is C13H24N2O.